The number of aryl methyl sites for hydroxylation is 1. The maximum Gasteiger partial charge on any atom is 0.123 e. The number of hydrogen-bond acceptors (Lipinski definition) is 2. The van der Waals surface area contributed by atoms with E-state index in [1.165, 1.54) is 11.6 Å². The molecule has 0 bridgehead atoms. The molecule has 2 rings (SSSR count). The first-order chi connectivity index (χ1) is 8.20. The monoisotopic (exact) mass is 236 g/mol. The molecule has 0 radical (unpaired) electrons. The Balaban J connectivity index is 2.10. The highest BCUT2D eigenvalue weighted by atomic mass is 19.1. The van der Waals surface area contributed by atoms with Gasteiger partial charge in [0, 0.05) is 32.2 Å². The zero-order valence-electron chi connectivity index (χ0n) is 10.7. The van der Waals surface area contributed by atoms with Crippen LogP contribution in [0.1, 0.15) is 24.5 Å². The highest BCUT2D eigenvalue weighted by Crippen LogP contribution is 2.16. The lowest BCUT2D eigenvalue weighted by molar-refractivity contribution is 0.148. The number of nitrogens with zero attached hydrogens (tertiary/aromatic N) is 1. The summed E-state index contributed by atoms with van der Waals surface area (Å²) in [6, 6.07) is 5.65. The highest BCUT2D eigenvalue weighted by Gasteiger charge is 2.20. The van der Waals surface area contributed by atoms with Crippen molar-refractivity contribution in [2.75, 3.05) is 19.6 Å². The van der Waals surface area contributed by atoms with Gasteiger partial charge < -0.3 is 5.32 Å². The molecule has 94 valence electrons. The van der Waals surface area contributed by atoms with Crippen molar-refractivity contribution in [2.24, 2.45) is 0 Å². The number of halogens is 1. The van der Waals surface area contributed by atoms with E-state index in [9.17, 15) is 4.39 Å². The van der Waals surface area contributed by atoms with Crippen LogP contribution < -0.4 is 5.32 Å². The SMILES string of the molecule is CCC1CNCCN1Cc1cc(F)ccc1C. The summed E-state index contributed by atoms with van der Waals surface area (Å²) in [5.74, 6) is -0.131. The van der Waals surface area contributed by atoms with Crippen LogP contribution in [0.5, 0.6) is 0 Å². The van der Waals surface area contributed by atoms with Crippen LogP contribution in [0.25, 0.3) is 0 Å². The van der Waals surface area contributed by atoms with Gasteiger partial charge in [-0.25, -0.2) is 4.39 Å². The fourth-order valence-corrected chi connectivity index (χ4v) is 2.44. The molecule has 1 saturated heterocycles. The first-order valence-electron chi connectivity index (χ1n) is 6.40. The van der Waals surface area contributed by atoms with Gasteiger partial charge in [-0.2, -0.15) is 0 Å². The molecule has 1 heterocycles. The van der Waals surface area contributed by atoms with E-state index >= 15 is 0 Å². The number of nitrogens with one attached hydrogen (secondary N) is 1. The summed E-state index contributed by atoms with van der Waals surface area (Å²) in [7, 11) is 0. The lowest BCUT2D eigenvalue weighted by atomic mass is 10.1. The fourth-order valence-electron chi connectivity index (χ4n) is 2.44. The summed E-state index contributed by atoms with van der Waals surface area (Å²) in [5, 5.41) is 3.41. The summed E-state index contributed by atoms with van der Waals surface area (Å²) in [4.78, 5) is 2.46. The molecular formula is C14H21FN2. The van der Waals surface area contributed by atoms with Gasteiger partial charge in [0.25, 0.3) is 0 Å². The van der Waals surface area contributed by atoms with E-state index in [-0.39, 0.29) is 5.82 Å². The lowest BCUT2D eigenvalue weighted by Gasteiger charge is -2.36. The zero-order chi connectivity index (χ0) is 12.3. The third-order valence-electron chi connectivity index (χ3n) is 3.63. The van der Waals surface area contributed by atoms with Gasteiger partial charge in [0.1, 0.15) is 5.82 Å². The van der Waals surface area contributed by atoms with Crippen LogP contribution in [0.15, 0.2) is 18.2 Å². The largest absolute Gasteiger partial charge is 0.314 e. The van der Waals surface area contributed by atoms with Gasteiger partial charge in [-0.1, -0.05) is 13.0 Å². The smallest absolute Gasteiger partial charge is 0.123 e. The van der Waals surface area contributed by atoms with Crippen LogP contribution in [0.3, 0.4) is 0 Å². The molecule has 0 aliphatic carbocycles. The number of piperazine rings is 1. The summed E-state index contributed by atoms with van der Waals surface area (Å²) < 4.78 is 13.2. The van der Waals surface area contributed by atoms with Gasteiger partial charge in [-0.15, -0.1) is 0 Å². The van der Waals surface area contributed by atoms with Crippen molar-refractivity contribution in [1.82, 2.24) is 10.2 Å². The average molecular weight is 236 g/mol. The van der Waals surface area contributed by atoms with E-state index in [1.807, 2.05) is 6.07 Å². The Morgan fingerprint density at radius 3 is 3.06 bits per heavy atom. The van der Waals surface area contributed by atoms with Gasteiger partial charge in [-0.3, -0.25) is 4.90 Å². The number of hydrogen-bond donors (Lipinski definition) is 1. The Bertz CT molecular complexity index is 378. The van der Waals surface area contributed by atoms with E-state index < -0.39 is 0 Å². The molecule has 1 aliphatic heterocycles. The summed E-state index contributed by atoms with van der Waals surface area (Å²) in [6.07, 6.45) is 1.14. The van der Waals surface area contributed by atoms with E-state index in [4.69, 9.17) is 0 Å². The first kappa shape index (κ1) is 12.5. The molecule has 1 N–H and O–H groups in total. The molecule has 1 atom stereocenters. The molecule has 1 unspecified atom stereocenters. The third kappa shape index (κ3) is 3.05. The molecule has 3 heteroatoms. The summed E-state index contributed by atoms with van der Waals surface area (Å²) >= 11 is 0. The molecule has 1 fully saturated rings. The predicted octanol–water partition coefficient (Wildman–Crippen LogP) is 2.32. The Hall–Kier alpha value is -0.930. The van der Waals surface area contributed by atoms with Crippen LogP contribution in [0.4, 0.5) is 4.39 Å². The standard InChI is InChI=1S/C14H21FN2/c1-3-14-9-16-6-7-17(14)10-12-8-13(15)5-4-11(12)2/h4-5,8,14,16H,3,6-7,9-10H2,1-2H3. The lowest BCUT2D eigenvalue weighted by Crippen LogP contribution is -2.50. The van der Waals surface area contributed by atoms with Crippen molar-refractivity contribution < 1.29 is 4.39 Å². The molecule has 1 aromatic rings. The molecule has 17 heavy (non-hydrogen) atoms. The number of rotatable bonds is 3. The Labute approximate surface area is 103 Å². The molecule has 0 aromatic heterocycles. The van der Waals surface area contributed by atoms with E-state index in [2.05, 4.69) is 24.1 Å². The second kappa shape index (κ2) is 5.61. The summed E-state index contributed by atoms with van der Waals surface area (Å²) in [6.45, 7) is 8.26. The maximum absolute atomic E-state index is 13.2. The predicted molar refractivity (Wildman–Crippen MR) is 68.5 cm³/mol. The van der Waals surface area contributed by atoms with Crippen LogP contribution in [0.2, 0.25) is 0 Å². The highest BCUT2D eigenvalue weighted by molar-refractivity contribution is 5.26. The average Bonchev–Trinajstić information content (AvgIpc) is 2.34. The van der Waals surface area contributed by atoms with Crippen LogP contribution in [0, 0.1) is 12.7 Å². The van der Waals surface area contributed by atoms with E-state index in [1.54, 1.807) is 6.07 Å². The van der Waals surface area contributed by atoms with Crippen molar-refractivity contribution in [2.45, 2.75) is 32.9 Å². The Kier molecular flexibility index (Phi) is 4.13. The normalized spacial score (nSPS) is 21.7. The Morgan fingerprint density at radius 2 is 2.29 bits per heavy atom. The first-order valence-corrected chi connectivity index (χ1v) is 6.40. The van der Waals surface area contributed by atoms with Crippen molar-refractivity contribution in [3.8, 4) is 0 Å². The second-order valence-corrected chi connectivity index (χ2v) is 4.81. The quantitative estimate of drug-likeness (QED) is 0.866. The van der Waals surface area contributed by atoms with Gasteiger partial charge in [0.15, 0.2) is 0 Å². The number of benzene rings is 1. The molecule has 0 spiro atoms. The minimum absolute atomic E-state index is 0.131. The van der Waals surface area contributed by atoms with Gasteiger partial charge >= 0.3 is 0 Å². The molecular weight excluding hydrogens is 215 g/mol. The van der Waals surface area contributed by atoms with Crippen molar-refractivity contribution in [1.29, 1.82) is 0 Å². The minimum Gasteiger partial charge on any atom is -0.314 e. The van der Waals surface area contributed by atoms with Gasteiger partial charge in [-0.05, 0) is 36.6 Å². The summed E-state index contributed by atoms with van der Waals surface area (Å²) in [5.41, 5.74) is 2.30. The third-order valence-corrected chi connectivity index (χ3v) is 3.63. The van der Waals surface area contributed by atoms with Crippen molar-refractivity contribution >= 4 is 0 Å². The van der Waals surface area contributed by atoms with Gasteiger partial charge in [0.05, 0.1) is 0 Å². The molecule has 1 aliphatic rings. The van der Waals surface area contributed by atoms with Crippen LogP contribution in [-0.4, -0.2) is 30.6 Å². The van der Waals surface area contributed by atoms with Gasteiger partial charge in [0.2, 0.25) is 0 Å². The zero-order valence-corrected chi connectivity index (χ0v) is 10.7. The maximum atomic E-state index is 13.2. The molecule has 1 aromatic carbocycles. The molecule has 0 saturated carbocycles. The molecule has 0 amide bonds. The second-order valence-electron chi connectivity index (χ2n) is 4.81. The molecule has 2 nitrogen and oxygen atoms in total. The fraction of sp³-hybridized carbons (Fsp3) is 0.571. The van der Waals surface area contributed by atoms with Crippen LogP contribution in [-0.2, 0) is 6.54 Å². The van der Waals surface area contributed by atoms with Crippen molar-refractivity contribution in [3.05, 3.63) is 35.1 Å². The minimum atomic E-state index is -0.131. The van der Waals surface area contributed by atoms with E-state index in [0.29, 0.717) is 6.04 Å². The topological polar surface area (TPSA) is 15.3 Å². The van der Waals surface area contributed by atoms with Crippen molar-refractivity contribution in [3.63, 3.8) is 0 Å². The van der Waals surface area contributed by atoms with Crippen LogP contribution >= 0.6 is 0 Å². The Morgan fingerprint density at radius 1 is 1.47 bits per heavy atom. The van der Waals surface area contributed by atoms with E-state index in [0.717, 1.165) is 38.2 Å².